The molecule has 0 atom stereocenters. The smallest absolute Gasteiger partial charge is 0.233 e. The van der Waals surface area contributed by atoms with Gasteiger partial charge in [0, 0.05) is 6.54 Å². The maximum absolute atomic E-state index is 10.7. The fourth-order valence-electron chi connectivity index (χ4n) is 0.628. The number of carbonyl (C=O) groups excluding carboxylic acids is 1. The van der Waals surface area contributed by atoms with Crippen LogP contribution in [0.2, 0.25) is 0 Å². The normalized spacial score (nSPS) is 9.40. The molecule has 0 aromatic heterocycles. The minimum Gasteiger partial charge on any atom is -0.355 e. The molecule has 0 saturated heterocycles. The summed E-state index contributed by atoms with van der Waals surface area (Å²) >= 11 is 0. The first kappa shape index (κ1) is 9.43. The van der Waals surface area contributed by atoms with Crippen LogP contribution < -0.4 is 10.6 Å². The molecular weight excluding hydrogens is 128 g/mol. The number of rotatable bonds is 5. The van der Waals surface area contributed by atoms with Crippen molar-refractivity contribution in [3.8, 4) is 0 Å². The first-order chi connectivity index (χ1) is 4.81. The molecule has 0 spiro atoms. The highest BCUT2D eigenvalue weighted by atomic mass is 16.1. The maximum Gasteiger partial charge on any atom is 0.233 e. The van der Waals surface area contributed by atoms with Crippen LogP contribution in [-0.4, -0.2) is 26.0 Å². The number of unbranched alkanes of at least 4 members (excludes halogenated alkanes) is 1. The molecule has 0 heterocycles. The van der Waals surface area contributed by atoms with Crippen LogP contribution in [0.3, 0.4) is 0 Å². The molecule has 0 radical (unpaired) electrons. The van der Waals surface area contributed by atoms with Gasteiger partial charge in [0.2, 0.25) is 5.91 Å². The van der Waals surface area contributed by atoms with Crippen LogP contribution in [0.1, 0.15) is 19.8 Å². The van der Waals surface area contributed by atoms with Gasteiger partial charge in [0.25, 0.3) is 0 Å². The molecule has 10 heavy (non-hydrogen) atoms. The van der Waals surface area contributed by atoms with Gasteiger partial charge in [0.1, 0.15) is 0 Å². The summed E-state index contributed by atoms with van der Waals surface area (Å²) in [4.78, 5) is 10.7. The lowest BCUT2D eigenvalue weighted by atomic mass is 10.3. The Labute approximate surface area is 62.2 Å². The predicted molar refractivity (Wildman–Crippen MR) is 41.8 cm³/mol. The molecular formula is C7H16N2O. The van der Waals surface area contributed by atoms with E-state index in [9.17, 15) is 4.79 Å². The van der Waals surface area contributed by atoms with Crippen LogP contribution in [0.4, 0.5) is 0 Å². The Bertz CT molecular complexity index is 93.6. The molecule has 0 fully saturated rings. The summed E-state index contributed by atoms with van der Waals surface area (Å²) in [6.07, 6.45) is 2.19. The summed E-state index contributed by atoms with van der Waals surface area (Å²) in [7, 11) is 1.76. The van der Waals surface area contributed by atoms with E-state index < -0.39 is 0 Å². The lowest BCUT2D eigenvalue weighted by Crippen LogP contribution is -2.32. The van der Waals surface area contributed by atoms with Crippen molar-refractivity contribution in [2.75, 3.05) is 20.1 Å². The lowest BCUT2D eigenvalue weighted by Gasteiger charge is -2.01. The average molecular weight is 144 g/mol. The SMILES string of the molecule is CCCCNC(=O)CNC. The summed E-state index contributed by atoms with van der Waals surface area (Å²) in [5.41, 5.74) is 0. The third kappa shape index (κ3) is 5.56. The van der Waals surface area contributed by atoms with E-state index in [1.165, 1.54) is 0 Å². The Morgan fingerprint density at radius 3 is 2.70 bits per heavy atom. The number of amides is 1. The van der Waals surface area contributed by atoms with Gasteiger partial charge in [-0.1, -0.05) is 13.3 Å². The molecule has 0 rings (SSSR count). The highest BCUT2D eigenvalue weighted by Crippen LogP contribution is 1.81. The molecule has 0 saturated carbocycles. The van der Waals surface area contributed by atoms with E-state index in [1.54, 1.807) is 7.05 Å². The lowest BCUT2D eigenvalue weighted by molar-refractivity contribution is -0.120. The molecule has 3 nitrogen and oxygen atoms in total. The number of nitrogens with one attached hydrogen (secondary N) is 2. The summed E-state index contributed by atoms with van der Waals surface area (Å²) in [5.74, 6) is 0.0796. The largest absolute Gasteiger partial charge is 0.355 e. The molecule has 1 amide bonds. The van der Waals surface area contributed by atoms with Crippen LogP contribution >= 0.6 is 0 Å². The average Bonchev–Trinajstić information content (AvgIpc) is 1.89. The maximum atomic E-state index is 10.7. The highest BCUT2D eigenvalue weighted by Gasteiger charge is 1.94. The minimum atomic E-state index is 0.0796. The van der Waals surface area contributed by atoms with Crippen molar-refractivity contribution in [2.45, 2.75) is 19.8 Å². The first-order valence-corrected chi connectivity index (χ1v) is 3.72. The number of likely N-dealkylation sites (N-methyl/N-ethyl adjacent to an activating group) is 1. The van der Waals surface area contributed by atoms with Gasteiger partial charge in [-0.2, -0.15) is 0 Å². The van der Waals surface area contributed by atoms with Gasteiger partial charge in [-0.05, 0) is 13.5 Å². The van der Waals surface area contributed by atoms with Crippen LogP contribution in [0.25, 0.3) is 0 Å². The number of hydrogen-bond acceptors (Lipinski definition) is 2. The summed E-state index contributed by atoms with van der Waals surface area (Å²) in [6, 6.07) is 0. The van der Waals surface area contributed by atoms with Crippen molar-refractivity contribution < 1.29 is 4.79 Å². The van der Waals surface area contributed by atoms with E-state index in [0.717, 1.165) is 19.4 Å². The van der Waals surface area contributed by atoms with E-state index in [-0.39, 0.29) is 5.91 Å². The van der Waals surface area contributed by atoms with E-state index in [1.807, 2.05) is 0 Å². The number of carbonyl (C=O) groups is 1. The Balaban J connectivity index is 3.05. The molecule has 0 bridgehead atoms. The second kappa shape index (κ2) is 6.55. The van der Waals surface area contributed by atoms with Gasteiger partial charge in [0.15, 0.2) is 0 Å². The summed E-state index contributed by atoms with van der Waals surface area (Å²) in [6.45, 7) is 3.32. The Morgan fingerprint density at radius 2 is 2.20 bits per heavy atom. The van der Waals surface area contributed by atoms with Crippen molar-refractivity contribution >= 4 is 5.91 Å². The topological polar surface area (TPSA) is 41.1 Å². The third-order valence-corrected chi connectivity index (χ3v) is 1.19. The zero-order chi connectivity index (χ0) is 7.82. The van der Waals surface area contributed by atoms with Gasteiger partial charge in [-0.15, -0.1) is 0 Å². The predicted octanol–water partition coefficient (Wildman–Crippen LogP) is 0.122. The second-order valence-corrected chi connectivity index (χ2v) is 2.23. The van der Waals surface area contributed by atoms with Gasteiger partial charge in [0.05, 0.1) is 6.54 Å². The van der Waals surface area contributed by atoms with Gasteiger partial charge in [-0.3, -0.25) is 4.79 Å². The molecule has 0 aromatic carbocycles. The van der Waals surface area contributed by atoms with E-state index >= 15 is 0 Å². The van der Waals surface area contributed by atoms with Crippen molar-refractivity contribution in [1.82, 2.24) is 10.6 Å². The Morgan fingerprint density at radius 1 is 1.50 bits per heavy atom. The molecule has 0 aromatic rings. The van der Waals surface area contributed by atoms with Crippen molar-refractivity contribution in [3.63, 3.8) is 0 Å². The second-order valence-electron chi connectivity index (χ2n) is 2.23. The van der Waals surface area contributed by atoms with Crippen molar-refractivity contribution in [1.29, 1.82) is 0 Å². The van der Waals surface area contributed by atoms with E-state index in [4.69, 9.17) is 0 Å². The summed E-state index contributed by atoms with van der Waals surface area (Å²) < 4.78 is 0. The van der Waals surface area contributed by atoms with Crippen LogP contribution in [0.15, 0.2) is 0 Å². The quantitative estimate of drug-likeness (QED) is 0.538. The first-order valence-electron chi connectivity index (χ1n) is 3.72. The van der Waals surface area contributed by atoms with Crippen LogP contribution in [0.5, 0.6) is 0 Å². The number of hydrogen-bond donors (Lipinski definition) is 2. The molecule has 2 N–H and O–H groups in total. The van der Waals surface area contributed by atoms with Crippen LogP contribution in [0, 0.1) is 0 Å². The Hall–Kier alpha value is -0.570. The van der Waals surface area contributed by atoms with Gasteiger partial charge in [-0.25, -0.2) is 0 Å². The fraction of sp³-hybridized carbons (Fsp3) is 0.857. The van der Waals surface area contributed by atoms with Crippen LogP contribution in [-0.2, 0) is 4.79 Å². The molecule has 60 valence electrons. The standard InChI is InChI=1S/C7H16N2O/c1-3-4-5-9-7(10)6-8-2/h8H,3-6H2,1-2H3,(H,9,10). The molecule has 0 aliphatic carbocycles. The highest BCUT2D eigenvalue weighted by molar-refractivity contribution is 5.77. The summed E-state index contributed by atoms with van der Waals surface area (Å²) in [5, 5.41) is 5.57. The zero-order valence-corrected chi connectivity index (χ0v) is 6.74. The molecule has 0 aliphatic rings. The van der Waals surface area contributed by atoms with Gasteiger partial charge < -0.3 is 10.6 Å². The minimum absolute atomic E-state index is 0.0796. The van der Waals surface area contributed by atoms with Crippen molar-refractivity contribution in [3.05, 3.63) is 0 Å². The fourth-order valence-corrected chi connectivity index (χ4v) is 0.628. The van der Waals surface area contributed by atoms with E-state index in [0.29, 0.717) is 6.54 Å². The molecule has 0 aliphatic heterocycles. The monoisotopic (exact) mass is 144 g/mol. The third-order valence-electron chi connectivity index (χ3n) is 1.19. The van der Waals surface area contributed by atoms with E-state index in [2.05, 4.69) is 17.6 Å². The Kier molecular flexibility index (Phi) is 6.18. The zero-order valence-electron chi connectivity index (χ0n) is 6.74. The van der Waals surface area contributed by atoms with Gasteiger partial charge >= 0.3 is 0 Å². The van der Waals surface area contributed by atoms with Crippen molar-refractivity contribution in [2.24, 2.45) is 0 Å². The molecule has 0 unspecified atom stereocenters. The molecule has 3 heteroatoms.